The van der Waals surface area contributed by atoms with Crippen LogP contribution in [0.25, 0.3) is 0 Å². The lowest BCUT2D eigenvalue weighted by Crippen LogP contribution is -2.40. The molecule has 1 aromatic carbocycles. The number of amides is 2. The molecule has 0 saturated carbocycles. The molecule has 0 aliphatic heterocycles. The van der Waals surface area contributed by atoms with E-state index in [1.54, 1.807) is 14.0 Å². The van der Waals surface area contributed by atoms with Gasteiger partial charge in [-0.2, -0.15) is 11.3 Å². The molecule has 2 rings (SSSR count). The molecule has 22 heavy (non-hydrogen) atoms. The first-order valence-electron chi connectivity index (χ1n) is 6.89. The number of methoxy groups -OCH3 is 1. The van der Waals surface area contributed by atoms with Crippen molar-refractivity contribution in [1.82, 2.24) is 5.32 Å². The second kappa shape index (κ2) is 7.40. The highest BCUT2D eigenvalue weighted by atomic mass is 32.1. The molecule has 5 nitrogen and oxygen atoms in total. The van der Waals surface area contributed by atoms with E-state index in [0.29, 0.717) is 12.3 Å². The summed E-state index contributed by atoms with van der Waals surface area (Å²) in [6, 6.07) is 8.91. The highest BCUT2D eigenvalue weighted by Crippen LogP contribution is 2.22. The number of ether oxygens (including phenoxy) is 1. The van der Waals surface area contributed by atoms with Gasteiger partial charge in [-0.25, -0.2) is 4.79 Å². The fourth-order valence-corrected chi connectivity index (χ4v) is 2.80. The maximum absolute atomic E-state index is 12.0. The predicted molar refractivity (Wildman–Crippen MR) is 88.1 cm³/mol. The van der Waals surface area contributed by atoms with Crippen molar-refractivity contribution in [2.45, 2.75) is 19.1 Å². The van der Waals surface area contributed by atoms with Gasteiger partial charge in [0.2, 0.25) is 0 Å². The van der Waals surface area contributed by atoms with E-state index in [-0.39, 0.29) is 12.6 Å². The number of carbonyl (C=O) groups is 1. The lowest BCUT2D eigenvalue weighted by Gasteiger charge is -2.23. The lowest BCUT2D eigenvalue weighted by atomic mass is 9.99. The average Bonchev–Trinajstić information content (AvgIpc) is 3.03. The van der Waals surface area contributed by atoms with Crippen LogP contribution in [-0.2, 0) is 16.9 Å². The van der Waals surface area contributed by atoms with Crippen molar-refractivity contribution in [2.75, 3.05) is 19.0 Å². The molecule has 0 radical (unpaired) electrons. The molecule has 1 heterocycles. The SMILES string of the molecule is COCc1ccccc1NC(=O)NCC(C)(O)c1ccsc1. The summed E-state index contributed by atoms with van der Waals surface area (Å²) < 4.78 is 5.10. The van der Waals surface area contributed by atoms with Crippen LogP contribution >= 0.6 is 11.3 Å². The van der Waals surface area contributed by atoms with Gasteiger partial charge < -0.3 is 20.5 Å². The summed E-state index contributed by atoms with van der Waals surface area (Å²) in [5.74, 6) is 0. The molecule has 0 aliphatic carbocycles. The summed E-state index contributed by atoms with van der Waals surface area (Å²) in [6.45, 7) is 2.22. The van der Waals surface area contributed by atoms with Gasteiger partial charge in [-0.3, -0.25) is 0 Å². The second-order valence-corrected chi connectivity index (χ2v) is 5.96. The molecule has 2 aromatic rings. The van der Waals surface area contributed by atoms with Gasteiger partial charge in [-0.15, -0.1) is 0 Å². The third-order valence-corrected chi connectivity index (χ3v) is 3.98. The molecule has 0 fully saturated rings. The summed E-state index contributed by atoms with van der Waals surface area (Å²) in [5.41, 5.74) is 1.28. The molecule has 1 atom stereocenters. The number of hydrogen-bond acceptors (Lipinski definition) is 4. The minimum Gasteiger partial charge on any atom is -0.384 e. The van der Waals surface area contributed by atoms with E-state index in [0.717, 1.165) is 11.1 Å². The first-order chi connectivity index (χ1) is 10.5. The van der Waals surface area contributed by atoms with Gasteiger partial charge in [0.05, 0.1) is 13.2 Å². The van der Waals surface area contributed by atoms with Crippen molar-refractivity contribution in [2.24, 2.45) is 0 Å². The van der Waals surface area contributed by atoms with Crippen molar-refractivity contribution in [3.63, 3.8) is 0 Å². The molecule has 6 heteroatoms. The van der Waals surface area contributed by atoms with E-state index in [2.05, 4.69) is 10.6 Å². The van der Waals surface area contributed by atoms with Crippen molar-refractivity contribution < 1.29 is 14.6 Å². The zero-order chi connectivity index (χ0) is 16.0. The van der Waals surface area contributed by atoms with Crippen molar-refractivity contribution >= 4 is 23.1 Å². The quantitative estimate of drug-likeness (QED) is 0.766. The van der Waals surface area contributed by atoms with Crippen LogP contribution in [0.4, 0.5) is 10.5 Å². The van der Waals surface area contributed by atoms with Gasteiger partial charge >= 0.3 is 6.03 Å². The highest BCUT2D eigenvalue weighted by Gasteiger charge is 2.24. The Morgan fingerprint density at radius 3 is 2.82 bits per heavy atom. The maximum atomic E-state index is 12.0. The smallest absolute Gasteiger partial charge is 0.319 e. The van der Waals surface area contributed by atoms with Gasteiger partial charge in [0.25, 0.3) is 0 Å². The van der Waals surface area contributed by atoms with Crippen molar-refractivity contribution in [1.29, 1.82) is 0 Å². The largest absolute Gasteiger partial charge is 0.384 e. The van der Waals surface area contributed by atoms with Crippen LogP contribution < -0.4 is 10.6 Å². The monoisotopic (exact) mass is 320 g/mol. The zero-order valence-corrected chi connectivity index (χ0v) is 13.4. The number of urea groups is 1. The lowest BCUT2D eigenvalue weighted by molar-refractivity contribution is 0.0604. The molecule has 1 aromatic heterocycles. The van der Waals surface area contributed by atoms with E-state index in [4.69, 9.17) is 4.74 Å². The number of benzene rings is 1. The topological polar surface area (TPSA) is 70.6 Å². The van der Waals surface area contributed by atoms with Gasteiger partial charge in [0.15, 0.2) is 0 Å². The molecule has 1 unspecified atom stereocenters. The minimum absolute atomic E-state index is 0.127. The number of para-hydroxylation sites is 1. The van der Waals surface area contributed by atoms with E-state index >= 15 is 0 Å². The van der Waals surface area contributed by atoms with Gasteiger partial charge in [-0.05, 0) is 35.4 Å². The molecular weight excluding hydrogens is 300 g/mol. The Morgan fingerprint density at radius 1 is 1.36 bits per heavy atom. The number of nitrogens with one attached hydrogen (secondary N) is 2. The molecule has 0 spiro atoms. The number of hydrogen-bond donors (Lipinski definition) is 3. The summed E-state index contributed by atoms with van der Waals surface area (Å²) in [7, 11) is 1.61. The van der Waals surface area contributed by atoms with Crippen LogP contribution in [0.3, 0.4) is 0 Å². The van der Waals surface area contributed by atoms with Crippen LogP contribution in [0.15, 0.2) is 41.1 Å². The summed E-state index contributed by atoms with van der Waals surface area (Å²) in [4.78, 5) is 12.0. The van der Waals surface area contributed by atoms with Crippen molar-refractivity contribution in [3.8, 4) is 0 Å². The Labute approximate surface area is 133 Å². The highest BCUT2D eigenvalue weighted by molar-refractivity contribution is 7.08. The standard InChI is InChI=1S/C16H20N2O3S/c1-16(20,13-7-8-22-10-13)11-17-15(19)18-14-6-4-3-5-12(14)9-21-2/h3-8,10,20H,9,11H2,1-2H3,(H2,17,18,19). The Hall–Kier alpha value is -1.89. The van der Waals surface area contributed by atoms with Crippen LogP contribution in [0.2, 0.25) is 0 Å². The molecule has 118 valence electrons. The third-order valence-electron chi connectivity index (χ3n) is 3.30. The maximum Gasteiger partial charge on any atom is 0.319 e. The minimum atomic E-state index is -1.09. The van der Waals surface area contributed by atoms with E-state index < -0.39 is 5.60 Å². The number of carbonyl (C=O) groups excluding carboxylic acids is 1. The Bertz CT molecular complexity index is 612. The first-order valence-corrected chi connectivity index (χ1v) is 7.84. The molecular formula is C16H20N2O3S. The summed E-state index contributed by atoms with van der Waals surface area (Å²) in [6.07, 6.45) is 0. The van der Waals surface area contributed by atoms with Gasteiger partial charge in [0.1, 0.15) is 5.60 Å². The fraction of sp³-hybridized carbons (Fsp3) is 0.312. The van der Waals surface area contributed by atoms with E-state index in [1.807, 2.05) is 41.1 Å². The molecule has 3 N–H and O–H groups in total. The fourth-order valence-electron chi connectivity index (χ4n) is 2.02. The predicted octanol–water partition coefficient (Wildman–Crippen LogP) is 2.92. The molecule has 2 amide bonds. The number of anilines is 1. The normalized spacial score (nSPS) is 13.4. The Kier molecular flexibility index (Phi) is 5.54. The van der Waals surface area contributed by atoms with Crippen LogP contribution in [0, 0.1) is 0 Å². The van der Waals surface area contributed by atoms with Gasteiger partial charge in [-0.1, -0.05) is 18.2 Å². The molecule has 0 saturated heterocycles. The first kappa shape index (κ1) is 16.5. The van der Waals surface area contributed by atoms with E-state index in [9.17, 15) is 9.90 Å². The van der Waals surface area contributed by atoms with Gasteiger partial charge in [0, 0.05) is 18.4 Å². The summed E-state index contributed by atoms with van der Waals surface area (Å²) >= 11 is 1.51. The van der Waals surface area contributed by atoms with Crippen molar-refractivity contribution in [3.05, 3.63) is 52.2 Å². The Balaban J connectivity index is 1.94. The zero-order valence-electron chi connectivity index (χ0n) is 12.6. The number of rotatable bonds is 6. The molecule has 0 aliphatic rings. The molecule has 0 bridgehead atoms. The third kappa shape index (κ3) is 4.30. The second-order valence-electron chi connectivity index (χ2n) is 5.18. The van der Waals surface area contributed by atoms with E-state index in [1.165, 1.54) is 11.3 Å². The summed E-state index contributed by atoms with van der Waals surface area (Å²) in [5, 5.41) is 19.6. The van der Waals surface area contributed by atoms with Crippen LogP contribution in [0.1, 0.15) is 18.1 Å². The number of thiophene rings is 1. The van der Waals surface area contributed by atoms with Crippen LogP contribution in [0.5, 0.6) is 0 Å². The number of aliphatic hydroxyl groups is 1. The Morgan fingerprint density at radius 2 is 2.14 bits per heavy atom. The average molecular weight is 320 g/mol. The van der Waals surface area contributed by atoms with Crippen LogP contribution in [-0.4, -0.2) is 24.8 Å².